The van der Waals surface area contributed by atoms with Gasteiger partial charge < -0.3 is 5.32 Å². The van der Waals surface area contributed by atoms with Crippen LogP contribution >= 0.6 is 0 Å². The highest BCUT2D eigenvalue weighted by Crippen LogP contribution is 2.38. The van der Waals surface area contributed by atoms with Crippen LogP contribution in [0.5, 0.6) is 0 Å². The molecule has 1 aliphatic carbocycles. The summed E-state index contributed by atoms with van der Waals surface area (Å²) in [4.78, 5) is 12.2. The van der Waals surface area contributed by atoms with E-state index in [1.54, 1.807) is 0 Å². The molecule has 0 bridgehead atoms. The number of rotatable bonds is 2. The van der Waals surface area contributed by atoms with E-state index in [0.29, 0.717) is 6.04 Å². The van der Waals surface area contributed by atoms with Crippen molar-refractivity contribution in [2.24, 2.45) is 10.8 Å². The summed E-state index contributed by atoms with van der Waals surface area (Å²) in [5, 5.41) is 3.19. The fourth-order valence-corrected chi connectivity index (χ4v) is 1.78. The van der Waals surface area contributed by atoms with Gasteiger partial charge in [0.15, 0.2) is 0 Å². The lowest BCUT2D eigenvalue weighted by Crippen LogP contribution is -2.47. The fourth-order valence-electron chi connectivity index (χ4n) is 1.78. The standard InChI is InChI=1S/C13H25NO/c1-12(2,3)13(4,5)11(15)14-10-8-6-7-9-10/h10H,6-9H2,1-5H3,(H,14,15). The summed E-state index contributed by atoms with van der Waals surface area (Å²) in [5.74, 6) is 0.210. The van der Waals surface area contributed by atoms with Gasteiger partial charge in [-0.05, 0) is 18.3 Å². The van der Waals surface area contributed by atoms with Crippen LogP contribution in [0.1, 0.15) is 60.3 Å². The van der Waals surface area contributed by atoms with Crippen LogP contribution in [0.2, 0.25) is 0 Å². The molecule has 0 heterocycles. The third-order valence-corrected chi connectivity index (χ3v) is 4.13. The van der Waals surface area contributed by atoms with Crippen molar-refractivity contribution in [1.82, 2.24) is 5.32 Å². The molecule has 0 radical (unpaired) electrons. The molecule has 0 aromatic heterocycles. The third kappa shape index (κ3) is 2.73. The van der Waals surface area contributed by atoms with E-state index in [9.17, 15) is 4.79 Å². The van der Waals surface area contributed by atoms with E-state index in [1.807, 2.05) is 13.8 Å². The summed E-state index contributed by atoms with van der Waals surface area (Å²) in [5.41, 5.74) is -0.286. The minimum atomic E-state index is -0.296. The van der Waals surface area contributed by atoms with Gasteiger partial charge in [-0.25, -0.2) is 0 Å². The topological polar surface area (TPSA) is 29.1 Å². The van der Waals surface area contributed by atoms with Gasteiger partial charge in [0.1, 0.15) is 0 Å². The summed E-state index contributed by atoms with van der Waals surface area (Å²) in [6.07, 6.45) is 4.85. The normalized spacial score (nSPS) is 19.3. The number of amides is 1. The molecular weight excluding hydrogens is 186 g/mol. The Bertz CT molecular complexity index is 231. The van der Waals surface area contributed by atoms with Gasteiger partial charge in [0.25, 0.3) is 0 Å². The highest BCUT2D eigenvalue weighted by atomic mass is 16.2. The average Bonchev–Trinajstić information content (AvgIpc) is 2.54. The molecule has 1 amide bonds. The molecule has 1 aliphatic rings. The van der Waals surface area contributed by atoms with Crippen molar-refractivity contribution < 1.29 is 4.79 Å². The van der Waals surface area contributed by atoms with Crippen LogP contribution in [0.25, 0.3) is 0 Å². The molecule has 0 spiro atoms. The molecule has 0 saturated heterocycles. The minimum absolute atomic E-state index is 0.00961. The van der Waals surface area contributed by atoms with E-state index < -0.39 is 0 Å². The largest absolute Gasteiger partial charge is 0.353 e. The van der Waals surface area contributed by atoms with Crippen LogP contribution in [-0.4, -0.2) is 11.9 Å². The molecule has 0 unspecified atom stereocenters. The second-order valence-corrected chi connectivity index (χ2v) is 6.33. The first-order valence-electron chi connectivity index (χ1n) is 6.06. The predicted octanol–water partition coefficient (Wildman–Crippen LogP) is 3.12. The first-order chi connectivity index (χ1) is 6.75. The van der Waals surface area contributed by atoms with Gasteiger partial charge in [-0.1, -0.05) is 47.5 Å². The van der Waals surface area contributed by atoms with E-state index in [-0.39, 0.29) is 16.7 Å². The Morgan fingerprint density at radius 2 is 1.53 bits per heavy atom. The lowest BCUT2D eigenvalue weighted by molar-refractivity contribution is -0.135. The van der Waals surface area contributed by atoms with Crippen LogP contribution in [0.15, 0.2) is 0 Å². The Balaban J connectivity index is 2.59. The number of carbonyl (C=O) groups is 1. The maximum Gasteiger partial charge on any atom is 0.226 e. The average molecular weight is 211 g/mol. The Morgan fingerprint density at radius 3 is 1.93 bits per heavy atom. The molecule has 0 atom stereocenters. The van der Waals surface area contributed by atoms with Gasteiger partial charge in [0, 0.05) is 11.5 Å². The summed E-state index contributed by atoms with van der Waals surface area (Å²) in [7, 11) is 0. The first kappa shape index (κ1) is 12.5. The van der Waals surface area contributed by atoms with E-state index >= 15 is 0 Å². The summed E-state index contributed by atoms with van der Waals surface area (Å²) >= 11 is 0. The molecule has 15 heavy (non-hydrogen) atoms. The van der Waals surface area contributed by atoms with Crippen molar-refractivity contribution in [1.29, 1.82) is 0 Å². The van der Waals surface area contributed by atoms with E-state index in [4.69, 9.17) is 0 Å². The van der Waals surface area contributed by atoms with Crippen LogP contribution in [0.3, 0.4) is 0 Å². The van der Waals surface area contributed by atoms with Crippen molar-refractivity contribution in [2.45, 2.75) is 66.3 Å². The highest BCUT2D eigenvalue weighted by molar-refractivity contribution is 5.82. The van der Waals surface area contributed by atoms with Gasteiger partial charge in [-0.15, -0.1) is 0 Å². The zero-order chi connectivity index (χ0) is 11.7. The minimum Gasteiger partial charge on any atom is -0.353 e. The molecule has 2 heteroatoms. The second kappa shape index (κ2) is 4.15. The SMILES string of the molecule is CC(C)(C)C(C)(C)C(=O)NC1CCCC1. The molecular formula is C13H25NO. The summed E-state index contributed by atoms with van der Waals surface area (Å²) < 4.78 is 0. The molecule has 1 saturated carbocycles. The predicted molar refractivity (Wildman–Crippen MR) is 63.6 cm³/mol. The maximum atomic E-state index is 12.2. The van der Waals surface area contributed by atoms with Gasteiger partial charge in [-0.2, -0.15) is 0 Å². The molecule has 1 N–H and O–H groups in total. The smallest absolute Gasteiger partial charge is 0.226 e. The maximum absolute atomic E-state index is 12.2. The Kier molecular flexibility index (Phi) is 3.47. The lowest BCUT2D eigenvalue weighted by Gasteiger charge is -2.38. The molecule has 0 aromatic rings. The number of nitrogens with one attached hydrogen (secondary N) is 1. The third-order valence-electron chi connectivity index (χ3n) is 4.13. The van der Waals surface area contributed by atoms with Crippen LogP contribution in [0, 0.1) is 10.8 Å². The molecule has 0 aliphatic heterocycles. The van der Waals surface area contributed by atoms with E-state index in [1.165, 1.54) is 12.8 Å². The van der Waals surface area contributed by atoms with E-state index in [0.717, 1.165) is 12.8 Å². The van der Waals surface area contributed by atoms with Crippen LogP contribution in [0.4, 0.5) is 0 Å². The highest BCUT2D eigenvalue weighted by Gasteiger charge is 2.40. The first-order valence-corrected chi connectivity index (χ1v) is 6.06. The van der Waals surface area contributed by atoms with Crippen molar-refractivity contribution in [3.05, 3.63) is 0 Å². The molecule has 2 nitrogen and oxygen atoms in total. The number of hydrogen-bond donors (Lipinski definition) is 1. The Morgan fingerprint density at radius 1 is 1.07 bits per heavy atom. The van der Waals surface area contributed by atoms with Crippen molar-refractivity contribution >= 4 is 5.91 Å². The monoisotopic (exact) mass is 211 g/mol. The Hall–Kier alpha value is -0.530. The molecule has 1 rings (SSSR count). The van der Waals surface area contributed by atoms with Gasteiger partial charge in [0.2, 0.25) is 5.91 Å². The quantitative estimate of drug-likeness (QED) is 0.747. The fraction of sp³-hybridized carbons (Fsp3) is 0.923. The molecule has 0 aromatic carbocycles. The zero-order valence-corrected chi connectivity index (χ0v) is 10.8. The van der Waals surface area contributed by atoms with Gasteiger partial charge >= 0.3 is 0 Å². The van der Waals surface area contributed by atoms with Crippen molar-refractivity contribution in [3.63, 3.8) is 0 Å². The Labute approximate surface area is 93.8 Å². The molecule has 1 fully saturated rings. The zero-order valence-electron chi connectivity index (χ0n) is 10.8. The van der Waals surface area contributed by atoms with E-state index in [2.05, 4.69) is 26.1 Å². The molecule has 88 valence electrons. The van der Waals surface area contributed by atoms with Crippen molar-refractivity contribution in [3.8, 4) is 0 Å². The summed E-state index contributed by atoms with van der Waals surface area (Å²) in [6.45, 7) is 10.5. The van der Waals surface area contributed by atoms with Crippen molar-refractivity contribution in [2.75, 3.05) is 0 Å². The lowest BCUT2D eigenvalue weighted by atomic mass is 9.68. The van der Waals surface area contributed by atoms with Crippen LogP contribution < -0.4 is 5.32 Å². The number of carbonyl (C=O) groups excluding carboxylic acids is 1. The van der Waals surface area contributed by atoms with Gasteiger partial charge in [0.05, 0.1) is 0 Å². The van der Waals surface area contributed by atoms with Crippen LogP contribution in [-0.2, 0) is 4.79 Å². The summed E-state index contributed by atoms with van der Waals surface area (Å²) in [6, 6.07) is 0.430. The van der Waals surface area contributed by atoms with Gasteiger partial charge in [-0.3, -0.25) is 4.79 Å². The number of hydrogen-bond acceptors (Lipinski definition) is 1. The second-order valence-electron chi connectivity index (χ2n) is 6.33.